The summed E-state index contributed by atoms with van der Waals surface area (Å²) < 4.78 is 19.8. The molecule has 0 saturated heterocycles. The molecule has 6 heteroatoms. The molecule has 0 saturated carbocycles. The maximum absolute atomic E-state index is 13.7. The molecule has 0 atom stereocenters. The van der Waals surface area contributed by atoms with E-state index in [1.807, 2.05) is 0 Å². The van der Waals surface area contributed by atoms with Gasteiger partial charge in [0, 0.05) is 6.20 Å². The first kappa shape index (κ1) is 12.3. The number of nitrogens with zero attached hydrogens (tertiary/aromatic N) is 3. The minimum atomic E-state index is -0.456. The van der Waals surface area contributed by atoms with Crippen LogP contribution in [0.1, 0.15) is 10.4 Å². The molecule has 0 fully saturated rings. The van der Waals surface area contributed by atoms with E-state index in [9.17, 15) is 9.18 Å². The van der Waals surface area contributed by atoms with Gasteiger partial charge >= 0.3 is 5.97 Å². The molecule has 0 radical (unpaired) electrons. The number of ether oxygens (including phenoxy) is 1. The summed E-state index contributed by atoms with van der Waals surface area (Å²) in [5.74, 6) is -0.579. The summed E-state index contributed by atoms with van der Waals surface area (Å²) in [6.07, 6.45) is 1.58. The van der Waals surface area contributed by atoms with Crippen LogP contribution in [0.4, 0.5) is 4.39 Å². The molecule has 0 N–H and O–H groups in total. The van der Waals surface area contributed by atoms with Gasteiger partial charge in [0.25, 0.3) is 0 Å². The minimum Gasteiger partial charge on any atom is -0.465 e. The maximum Gasteiger partial charge on any atom is 0.338 e. The van der Waals surface area contributed by atoms with Crippen LogP contribution in [0, 0.1) is 5.82 Å². The van der Waals surface area contributed by atoms with E-state index in [1.165, 1.54) is 17.7 Å². The predicted molar refractivity (Wildman–Crippen MR) is 69.7 cm³/mol. The van der Waals surface area contributed by atoms with Crippen LogP contribution in [0.25, 0.3) is 17.0 Å². The number of methoxy groups -OCH3 is 1. The van der Waals surface area contributed by atoms with Crippen LogP contribution in [-0.4, -0.2) is 27.7 Å². The minimum absolute atomic E-state index is 0.269. The molecule has 5 nitrogen and oxygen atoms in total. The number of pyridine rings is 1. The third-order valence-corrected chi connectivity index (χ3v) is 2.87. The lowest BCUT2D eigenvalue weighted by molar-refractivity contribution is 0.0600. The first-order chi connectivity index (χ1) is 9.69. The molecule has 2 heterocycles. The van der Waals surface area contributed by atoms with Gasteiger partial charge < -0.3 is 4.74 Å². The summed E-state index contributed by atoms with van der Waals surface area (Å²) in [6.45, 7) is 0. The van der Waals surface area contributed by atoms with Gasteiger partial charge in [0.1, 0.15) is 5.82 Å². The molecule has 0 aliphatic carbocycles. The number of hydrogen-bond acceptors (Lipinski definition) is 4. The van der Waals surface area contributed by atoms with Crippen molar-refractivity contribution in [3.63, 3.8) is 0 Å². The van der Waals surface area contributed by atoms with Crippen molar-refractivity contribution in [2.24, 2.45) is 0 Å². The van der Waals surface area contributed by atoms with Gasteiger partial charge in [0.2, 0.25) is 0 Å². The quantitative estimate of drug-likeness (QED) is 0.671. The lowest BCUT2D eigenvalue weighted by Gasteiger charge is -1.97. The summed E-state index contributed by atoms with van der Waals surface area (Å²) in [4.78, 5) is 15.7. The molecule has 0 unspecified atom stereocenters. The number of carbonyl (C=O) groups excluding carboxylic acids is 1. The first-order valence-corrected chi connectivity index (χ1v) is 5.88. The van der Waals surface area contributed by atoms with Crippen molar-refractivity contribution in [2.75, 3.05) is 7.11 Å². The monoisotopic (exact) mass is 271 g/mol. The summed E-state index contributed by atoms with van der Waals surface area (Å²) in [7, 11) is 1.31. The van der Waals surface area contributed by atoms with E-state index < -0.39 is 11.8 Å². The van der Waals surface area contributed by atoms with E-state index >= 15 is 0 Å². The number of carbonyl (C=O) groups is 1. The predicted octanol–water partition coefficient (Wildman–Crippen LogP) is 2.32. The van der Waals surface area contributed by atoms with Gasteiger partial charge in [-0.25, -0.2) is 18.7 Å². The van der Waals surface area contributed by atoms with E-state index in [1.54, 1.807) is 36.5 Å². The van der Waals surface area contributed by atoms with Gasteiger partial charge in [0.05, 0.1) is 18.2 Å². The van der Waals surface area contributed by atoms with Gasteiger partial charge in [-0.05, 0) is 24.3 Å². The Bertz CT molecular complexity index is 798. The van der Waals surface area contributed by atoms with Crippen LogP contribution in [0.2, 0.25) is 0 Å². The Morgan fingerprint density at radius 2 is 2.10 bits per heavy atom. The smallest absolute Gasteiger partial charge is 0.338 e. The maximum atomic E-state index is 13.7. The van der Waals surface area contributed by atoms with Gasteiger partial charge in [-0.2, -0.15) is 0 Å². The Hall–Kier alpha value is -2.76. The molecule has 3 rings (SSSR count). The summed E-state index contributed by atoms with van der Waals surface area (Å²) in [6, 6.07) is 9.38. The lowest BCUT2D eigenvalue weighted by Crippen LogP contribution is -2.02. The lowest BCUT2D eigenvalue weighted by atomic mass is 10.2. The molecular formula is C14H10FN3O2. The topological polar surface area (TPSA) is 56.5 Å². The standard InChI is InChI=1S/C14H10FN3O2/c1-20-14(19)9-6-7-18-12(8-9)16-13(17-18)10-4-2-3-5-11(10)15/h2-8H,1H3. The molecule has 100 valence electrons. The normalized spacial score (nSPS) is 10.7. The second-order valence-electron chi connectivity index (χ2n) is 4.13. The SMILES string of the molecule is COC(=O)c1ccn2nc(-c3ccccc3F)nc2c1. The second kappa shape index (κ2) is 4.73. The van der Waals surface area contributed by atoms with Crippen LogP contribution in [-0.2, 0) is 4.74 Å². The number of esters is 1. The number of fused-ring (bicyclic) bond motifs is 1. The molecular weight excluding hydrogens is 261 g/mol. The van der Waals surface area contributed by atoms with Crippen LogP contribution < -0.4 is 0 Å². The van der Waals surface area contributed by atoms with Crippen molar-refractivity contribution in [3.05, 3.63) is 54.0 Å². The Balaban J connectivity index is 2.12. The van der Waals surface area contributed by atoms with Gasteiger partial charge in [0.15, 0.2) is 11.5 Å². The summed E-state index contributed by atoms with van der Waals surface area (Å²) in [5, 5.41) is 4.18. The molecule has 0 aliphatic heterocycles. The largest absolute Gasteiger partial charge is 0.465 e. The van der Waals surface area contributed by atoms with Crippen LogP contribution in [0.5, 0.6) is 0 Å². The van der Waals surface area contributed by atoms with Crippen molar-refractivity contribution in [1.82, 2.24) is 14.6 Å². The molecule has 1 aromatic carbocycles. The van der Waals surface area contributed by atoms with E-state index in [4.69, 9.17) is 0 Å². The zero-order valence-electron chi connectivity index (χ0n) is 10.6. The number of halogens is 1. The molecule has 0 aliphatic rings. The van der Waals surface area contributed by atoms with Gasteiger partial charge in [-0.1, -0.05) is 12.1 Å². The Morgan fingerprint density at radius 3 is 2.85 bits per heavy atom. The Kier molecular flexibility index (Phi) is 2.90. The number of rotatable bonds is 2. The summed E-state index contributed by atoms with van der Waals surface area (Å²) in [5.41, 5.74) is 1.13. The third kappa shape index (κ3) is 2.01. The van der Waals surface area contributed by atoms with Crippen molar-refractivity contribution in [3.8, 4) is 11.4 Å². The van der Waals surface area contributed by atoms with Crippen LogP contribution >= 0.6 is 0 Å². The van der Waals surface area contributed by atoms with Crippen LogP contribution in [0.15, 0.2) is 42.6 Å². The fourth-order valence-electron chi connectivity index (χ4n) is 1.88. The van der Waals surface area contributed by atoms with Crippen molar-refractivity contribution in [1.29, 1.82) is 0 Å². The highest BCUT2D eigenvalue weighted by atomic mass is 19.1. The number of benzene rings is 1. The van der Waals surface area contributed by atoms with E-state index in [0.29, 0.717) is 16.8 Å². The van der Waals surface area contributed by atoms with Crippen molar-refractivity contribution in [2.45, 2.75) is 0 Å². The van der Waals surface area contributed by atoms with E-state index in [-0.39, 0.29) is 5.82 Å². The molecule has 3 aromatic rings. The molecule has 2 aromatic heterocycles. The number of aromatic nitrogens is 3. The average molecular weight is 271 g/mol. The zero-order valence-corrected chi connectivity index (χ0v) is 10.6. The van der Waals surface area contributed by atoms with Gasteiger partial charge in [-0.15, -0.1) is 5.10 Å². The highest BCUT2D eigenvalue weighted by molar-refractivity contribution is 5.90. The van der Waals surface area contributed by atoms with E-state index in [2.05, 4.69) is 14.8 Å². The zero-order chi connectivity index (χ0) is 14.1. The fraction of sp³-hybridized carbons (Fsp3) is 0.0714. The Morgan fingerprint density at radius 1 is 1.30 bits per heavy atom. The Labute approximate surface area is 113 Å². The fourth-order valence-corrected chi connectivity index (χ4v) is 1.88. The molecule has 0 amide bonds. The average Bonchev–Trinajstić information content (AvgIpc) is 2.89. The third-order valence-electron chi connectivity index (χ3n) is 2.87. The van der Waals surface area contributed by atoms with Crippen molar-refractivity contribution < 1.29 is 13.9 Å². The van der Waals surface area contributed by atoms with Crippen molar-refractivity contribution >= 4 is 11.6 Å². The molecule has 0 spiro atoms. The molecule has 20 heavy (non-hydrogen) atoms. The molecule has 0 bridgehead atoms. The highest BCUT2D eigenvalue weighted by Crippen LogP contribution is 2.20. The highest BCUT2D eigenvalue weighted by Gasteiger charge is 2.12. The summed E-state index contributed by atoms with van der Waals surface area (Å²) >= 11 is 0. The number of hydrogen-bond donors (Lipinski definition) is 0. The van der Waals surface area contributed by atoms with Crippen LogP contribution in [0.3, 0.4) is 0 Å². The van der Waals surface area contributed by atoms with Gasteiger partial charge in [-0.3, -0.25) is 0 Å². The van der Waals surface area contributed by atoms with E-state index in [0.717, 1.165) is 0 Å². The second-order valence-corrected chi connectivity index (χ2v) is 4.13. The first-order valence-electron chi connectivity index (χ1n) is 5.88.